The predicted octanol–water partition coefficient (Wildman–Crippen LogP) is 2.61. The molecule has 0 aliphatic heterocycles. The summed E-state index contributed by atoms with van der Waals surface area (Å²) in [6.45, 7) is 2.09. The van der Waals surface area contributed by atoms with Gasteiger partial charge in [0.25, 0.3) is 0 Å². The number of benzene rings is 1. The summed E-state index contributed by atoms with van der Waals surface area (Å²) < 4.78 is 10.6. The topological polar surface area (TPSA) is 76.5 Å². The van der Waals surface area contributed by atoms with E-state index >= 15 is 0 Å². The van der Waals surface area contributed by atoms with Crippen molar-refractivity contribution in [3.63, 3.8) is 0 Å². The number of aromatic nitrogens is 2. The van der Waals surface area contributed by atoms with Crippen LogP contribution in [-0.4, -0.2) is 41.4 Å². The molecule has 6 heteroatoms. The highest BCUT2D eigenvalue weighted by molar-refractivity contribution is 5.80. The van der Waals surface area contributed by atoms with Crippen LogP contribution in [0.3, 0.4) is 0 Å². The molecule has 1 aromatic heterocycles. The number of aliphatic hydroxyl groups excluding tert-OH is 1. The van der Waals surface area contributed by atoms with Gasteiger partial charge in [-0.25, -0.2) is 4.98 Å². The van der Waals surface area contributed by atoms with E-state index < -0.39 is 0 Å². The van der Waals surface area contributed by atoms with Crippen molar-refractivity contribution in [2.45, 2.75) is 38.3 Å². The first-order chi connectivity index (χ1) is 11.1. The second kappa shape index (κ2) is 6.58. The Morgan fingerprint density at radius 2 is 1.83 bits per heavy atom. The number of hydrogen-bond donors (Lipinski definition) is 2. The largest absolute Gasteiger partial charge is 0.493 e. The van der Waals surface area contributed by atoms with E-state index in [2.05, 4.69) is 22.2 Å². The number of fused-ring (bicyclic) bond motifs is 1. The Balaban J connectivity index is 1.82. The zero-order chi connectivity index (χ0) is 16.4. The van der Waals surface area contributed by atoms with Gasteiger partial charge < -0.3 is 19.9 Å². The zero-order valence-electron chi connectivity index (χ0n) is 13.7. The van der Waals surface area contributed by atoms with E-state index in [1.165, 1.54) is 0 Å². The van der Waals surface area contributed by atoms with Gasteiger partial charge in [-0.15, -0.1) is 0 Å². The van der Waals surface area contributed by atoms with Gasteiger partial charge in [0.1, 0.15) is 5.82 Å². The fourth-order valence-electron chi connectivity index (χ4n) is 3.13. The summed E-state index contributed by atoms with van der Waals surface area (Å²) >= 11 is 0. The fraction of sp³-hybridized carbons (Fsp3) is 0.529. The highest BCUT2D eigenvalue weighted by Crippen LogP contribution is 2.31. The van der Waals surface area contributed by atoms with Crippen LogP contribution < -0.4 is 14.8 Å². The summed E-state index contributed by atoms with van der Waals surface area (Å²) in [6.07, 6.45) is 4.26. The predicted molar refractivity (Wildman–Crippen MR) is 89.1 cm³/mol. The average molecular weight is 317 g/mol. The Labute approximate surface area is 135 Å². The lowest BCUT2D eigenvalue weighted by molar-refractivity contribution is 0.0748. The number of hydrogen-bond acceptors (Lipinski definition) is 6. The first kappa shape index (κ1) is 15.8. The second-order valence-corrected chi connectivity index (χ2v) is 6.15. The summed E-state index contributed by atoms with van der Waals surface area (Å²) in [5, 5.41) is 13.3. The lowest BCUT2D eigenvalue weighted by Gasteiger charge is -2.31. The Bertz CT molecular complexity index is 692. The van der Waals surface area contributed by atoms with Gasteiger partial charge in [0.2, 0.25) is 0 Å². The number of methoxy groups -OCH3 is 2. The van der Waals surface area contributed by atoms with Gasteiger partial charge in [0, 0.05) is 18.2 Å². The number of rotatable bonds is 4. The third-order valence-corrected chi connectivity index (χ3v) is 4.52. The standard InChI is InChI=1S/C17H23N3O3/c1-10-6-11(4-5-14(10)21)19-17-9-18-12-7-15(22-2)16(23-3)8-13(12)20-17/h7-11,14,21H,4-6H2,1-3H3,(H,19,20)/t10-,11+,14+/m0/s1. The van der Waals surface area contributed by atoms with Gasteiger partial charge in [0.05, 0.1) is 37.6 Å². The molecule has 1 aromatic carbocycles. The molecule has 2 aromatic rings. The van der Waals surface area contributed by atoms with E-state index in [0.29, 0.717) is 23.5 Å². The van der Waals surface area contributed by atoms with E-state index in [1.54, 1.807) is 20.4 Å². The van der Waals surface area contributed by atoms with E-state index in [0.717, 1.165) is 36.1 Å². The molecule has 1 heterocycles. The van der Waals surface area contributed by atoms with Gasteiger partial charge in [-0.05, 0) is 25.2 Å². The average Bonchev–Trinajstić information content (AvgIpc) is 2.56. The van der Waals surface area contributed by atoms with Gasteiger partial charge in [-0.2, -0.15) is 0 Å². The van der Waals surface area contributed by atoms with Crippen LogP contribution in [0.15, 0.2) is 18.3 Å². The normalized spacial score (nSPS) is 24.4. The van der Waals surface area contributed by atoms with Crippen LogP contribution in [0, 0.1) is 5.92 Å². The van der Waals surface area contributed by atoms with Gasteiger partial charge in [0.15, 0.2) is 11.5 Å². The Kier molecular flexibility index (Phi) is 4.52. The van der Waals surface area contributed by atoms with Crippen molar-refractivity contribution in [1.82, 2.24) is 9.97 Å². The summed E-state index contributed by atoms with van der Waals surface area (Å²) in [5.74, 6) is 2.34. The lowest BCUT2D eigenvalue weighted by atomic mass is 9.84. The maximum absolute atomic E-state index is 9.83. The molecule has 0 unspecified atom stereocenters. The maximum Gasteiger partial charge on any atom is 0.163 e. The summed E-state index contributed by atoms with van der Waals surface area (Å²) in [4.78, 5) is 9.08. The minimum Gasteiger partial charge on any atom is -0.493 e. The van der Waals surface area contributed by atoms with Crippen molar-refractivity contribution in [3.8, 4) is 11.5 Å². The number of ether oxygens (including phenoxy) is 2. The van der Waals surface area contributed by atoms with E-state index in [-0.39, 0.29) is 6.10 Å². The van der Waals surface area contributed by atoms with Crippen molar-refractivity contribution in [3.05, 3.63) is 18.3 Å². The lowest BCUT2D eigenvalue weighted by Crippen LogP contribution is -2.34. The molecule has 0 radical (unpaired) electrons. The minimum atomic E-state index is -0.188. The first-order valence-electron chi connectivity index (χ1n) is 7.94. The molecule has 1 saturated carbocycles. The van der Waals surface area contributed by atoms with Crippen LogP contribution in [0.5, 0.6) is 11.5 Å². The smallest absolute Gasteiger partial charge is 0.163 e. The molecule has 23 heavy (non-hydrogen) atoms. The van der Waals surface area contributed by atoms with Crippen molar-refractivity contribution >= 4 is 16.9 Å². The zero-order valence-corrected chi connectivity index (χ0v) is 13.7. The Hall–Kier alpha value is -2.08. The molecule has 1 aliphatic carbocycles. The summed E-state index contributed by atoms with van der Waals surface area (Å²) in [5.41, 5.74) is 1.53. The third-order valence-electron chi connectivity index (χ3n) is 4.52. The van der Waals surface area contributed by atoms with Gasteiger partial charge in [-0.1, -0.05) is 6.92 Å². The molecule has 124 valence electrons. The molecule has 0 amide bonds. The van der Waals surface area contributed by atoms with Crippen LogP contribution in [0.1, 0.15) is 26.2 Å². The molecule has 1 fully saturated rings. The van der Waals surface area contributed by atoms with Gasteiger partial charge in [-0.3, -0.25) is 4.98 Å². The highest BCUT2D eigenvalue weighted by Gasteiger charge is 2.26. The monoisotopic (exact) mass is 317 g/mol. The molecular weight excluding hydrogens is 294 g/mol. The van der Waals surface area contributed by atoms with Crippen LogP contribution in [0.25, 0.3) is 11.0 Å². The van der Waals surface area contributed by atoms with Crippen LogP contribution in [0.2, 0.25) is 0 Å². The second-order valence-electron chi connectivity index (χ2n) is 6.15. The van der Waals surface area contributed by atoms with Crippen LogP contribution in [-0.2, 0) is 0 Å². The summed E-state index contributed by atoms with van der Waals surface area (Å²) in [7, 11) is 3.21. The van der Waals surface area contributed by atoms with Gasteiger partial charge >= 0.3 is 0 Å². The Morgan fingerprint density at radius 3 is 2.48 bits per heavy atom. The van der Waals surface area contributed by atoms with Crippen molar-refractivity contribution < 1.29 is 14.6 Å². The highest BCUT2D eigenvalue weighted by atomic mass is 16.5. The molecule has 1 aliphatic rings. The van der Waals surface area contributed by atoms with Crippen LogP contribution >= 0.6 is 0 Å². The van der Waals surface area contributed by atoms with Crippen LogP contribution in [0.4, 0.5) is 5.82 Å². The number of anilines is 1. The molecule has 0 spiro atoms. The SMILES string of the molecule is COc1cc2ncc(N[C@@H]3CC[C@@H](O)[C@@H](C)C3)nc2cc1OC. The van der Waals surface area contributed by atoms with Crippen molar-refractivity contribution in [2.24, 2.45) is 5.92 Å². The minimum absolute atomic E-state index is 0.188. The molecule has 0 saturated heterocycles. The number of nitrogens with zero attached hydrogens (tertiary/aromatic N) is 2. The fourth-order valence-corrected chi connectivity index (χ4v) is 3.13. The van der Waals surface area contributed by atoms with E-state index in [1.807, 2.05) is 12.1 Å². The number of nitrogens with one attached hydrogen (secondary N) is 1. The molecular formula is C17H23N3O3. The molecule has 0 bridgehead atoms. The molecule has 3 atom stereocenters. The Morgan fingerprint density at radius 1 is 1.13 bits per heavy atom. The van der Waals surface area contributed by atoms with E-state index in [9.17, 15) is 5.11 Å². The maximum atomic E-state index is 9.83. The quantitative estimate of drug-likeness (QED) is 0.903. The molecule has 6 nitrogen and oxygen atoms in total. The molecule has 3 rings (SSSR count). The van der Waals surface area contributed by atoms with E-state index in [4.69, 9.17) is 9.47 Å². The first-order valence-corrected chi connectivity index (χ1v) is 7.94. The van der Waals surface area contributed by atoms with Crippen molar-refractivity contribution in [2.75, 3.05) is 19.5 Å². The number of aliphatic hydroxyl groups is 1. The van der Waals surface area contributed by atoms with Crippen molar-refractivity contribution in [1.29, 1.82) is 0 Å². The molecule has 2 N–H and O–H groups in total. The summed E-state index contributed by atoms with van der Waals surface area (Å²) in [6, 6.07) is 3.98. The third kappa shape index (κ3) is 3.32.